The number of nitrogens with zero attached hydrogens (tertiary/aromatic N) is 1. The molecule has 0 fully saturated rings. The van der Waals surface area contributed by atoms with Crippen molar-refractivity contribution in [2.75, 3.05) is 26.4 Å². The van der Waals surface area contributed by atoms with E-state index in [4.69, 9.17) is 11.6 Å². The standard InChI is InChI=1S/C19H23ClN2OS/c1-22(2)18(16-6-4-3-5-7-16)12-21-19(23)14-24-13-15-8-10-17(20)11-9-15/h3-11,18H,12-14H2,1-2H3,(H,21,23). The molecule has 1 atom stereocenters. The van der Waals surface area contributed by atoms with E-state index >= 15 is 0 Å². The fraction of sp³-hybridized carbons (Fsp3) is 0.316. The van der Waals surface area contributed by atoms with Gasteiger partial charge in [0, 0.05) is 17.3 Å². The molecule has 1 N–H and O–H groups in total. The van der Waals surface area contributed by atoms with Gasteiger partial charge >= 0.3 is 0 Å². The largest absolute Gasteiger partial charge is 0.353 e. The summed E-state index contributed by atoms with van der Waals surface area (Å²) in [6.07, 6.45) is 0. The van der Waals surface area contributed by atoms with E-state index in [0.29, 0.717) is 12.3 Å². The van der Waals surface area contributed by atoms with Gasteiger partial charge in [0.05, 0.1) is 11.8 Å². The molecule has 24 heavy (non-hydrogen) atoms. The third-order valence-corrected chi connectivity index (χ3v) is 4.97. The summed E-state index contributed by atoms with van der Waals surface area (Å²) >= 11 is 7.48. The number of hydrogen-bond acceptors (Lipinski definition) is 3. The normalized spacial score (nSPS) is 12.2. The molecule has 0 saturated heterocycles. The predicted molar refractivity (Wildman–Crippen MR) is 103 cm³/mol. The van der Waals surface area contributed by atoms with Crippen molar-refractivity contribution in [2.45, 2.75) is 11.8 Å². The van der Waals surface area contributed by atoms with E-state index in [9.17, 15) is 4.79 Å². The zero-order valence-corrected chi connectivity index (χ0v) is 15.6. The van der Waals surface area contributed by atoms with Gasteiger partial charge in [0.15, 0.2) is 0 Å². The molecule has 0 aromatic heterocycles. The van der Waals surface area contributed by atoms with Gasteiger partial charge < -0.3 is 10.2 Å². The highest BCUT2D eigenvalue weighted by Gasteiger charge is 2.14. The monoisotopic (exact) mass is 362 g/mol. The van der Waals surface area contributed by atoms with E-state index in [0.717, 1.165) is 10.8 Å². The van der Waals surface area contributed by atoms with Gasteiger partial charge in [0.1, 0.15) is 0 Å². The van der Waals surface area contributed by atoms with Crippen LogP contribution in [0.25, 0.3) is 0 Å². The number of hydrogen-bond donors (Lipinski definition) is 1. The van der Waals surface area contributed by atoms with Crippen LogP contribution in [-0.2, 0) is 10.5 Å². The first kappa shape index (κ1) is 18.8. The number of benzene rings is 2. The van der Waals surface area contributed by atoms with Crippen LogP contribution >= 0.6 is 23.4 Å². The SMILES string of the molecule is CN(C)C(CNC(=O)CSCc1ccc(Cl)cc1)c1ccccc1. The van der Waals surface area contributed by atoms with Crippen molar-refractivity contribution in [2.24, 2.45) is 0 Å². The first-order chi connectivity index (χ1) is 11.6. The van der Waals surface area contributed by atoms with Gasteiger partial charge in [-0.05, 0) is 37.4 Å². The van der Waals surface area contributed by atoms with Gasteiger partial charge in [-0.2, -0.15) is 0 Å². The summed E-state index contributed by atoms with van der Waals surface area (Å²) in [5, 5.41) is 3.77. The number of nitrogens with one attached hydrogen (secondary N) is 1. The number of likely N-dealkylation sites (N-methyl/N-ethyl adjacent to an activating group) is 1. The lowest BCUT2D eigenvalue weighted by Crippen LogP contribution is -2.35. The Bertz CT molecular complexity index is 632. The third kappa shape index (κ3) is 6.19. The maximum absolute atomic E-state index is 12.1. The maximum Gasteiger partial charge on any atom is 0.230 e. The molecule has 0 aliphatic heterocycles. The number of thioether (sulfide) groups is 1. The van der Waals surface area contributed by atoms with E-state index in [1.807, 2.05) is 56.6 Å². The lowest BCUT2D eigenvalue weighted by atomic mass is 10.1. The molecule has 2 rings (SSSR count). The molecule has 3 nitrogen and oxygen atoms in total. The zero-order chi connectivity index (χ0) is 17.4. The molecule has 0 bridgehead atoms. The maximum atomic E-state index is 12.1. The van der Waals surface area contributed by atoms with Crippen molar-refractivity contribution in [3.8, 4) is 0 Å². The minimum absolute atomic E-state index is 0.0664. The van der Waals surface area contributed by atoms with Crippen molar-refractivity contribution in [3.05, 3.63) is 70.7 Å². The Kier molecular flexibility index (Phi) is 7.63. The lowest BCUT2D eigenvalue weighted by Gasteiger charge is -2.25. The second-order valence-corrected chi connectivity index (χ2v) is 7.24. The van der Waals surface area contributed by atoms with Gasteiger partial charge in [-0.1, -0.05) is 54.1 Å². The van der Waals surface area contributed by atoms with Gasteiger partial charge in [-0.25, -0.2) is 0 Å². The molecule has 5 heteroatoms. The average molecular weight is 363 g/mol. The van der Waals surface area contributed by atoms with Crippen molar-refractivity contribution < 1.29 is 4.79 Å². The molecule has 0 spiro atoms. The van der Waals surface area contributed by atoms with Crippen LogP contribution in [0.15, 0.2) is 54.6 Å². The Morgan fingerprint density at radius 3 is 2.42 bits per heavy atom. The molecule has 2 aromatic carbocycles. The second-order valence-electron chi connectivity index (χ2n) is 5.81. The summed E-state index contributed by atoms with van der Waals surface area (Å²) in [6.45, 7) is 0.608. The van der Waals surface area contributed by atoms with Crippen LogP contribution in [0.3, 0.4) is 0 Å². The number of halogens is 1. The molecular formula is C19H23ClN2OS. The molecule has 0 aliphatic rings. The average Bonchev–Trinajstić information content (AvgIpc) is 2.57. The van der Waals surface area contributed by atoms with Crippen LogP contribution in [0.1, 0.15) is 17.2 Å². The minimum Gasteiger partial charge on any atom is -0.353 e. The number of carbonyl (C=O) groups excluding carboxylic acids is 1. The molecule has 0 heterocycles. The predicted octanol–water partition coefficient (Wildman–Crippen LogP) is 3.99. The summed E-state index contributed by atoms with van der Waals surface area (Å²) in [5.74, 6) is 1.33. The lowest BCUT2D eigenvalue weighted by molar-refractivity contribution is -0.118. The van der Waals surface area contributed by atoms with Crippen molar-refractivity contribution >= 4 is 29.3 Å². The summed E-state index contributed by atoms with van der Waals surface area (Å²) in [6, 6.07) is 18.1. The molecule has 0 aliphatic carbocycles. The highest BCUT2D eigenvalue weighted by atomic mass is 35.5. The van der Waals surface area contributed by atoms with E-state index in [1.165, 1.54) is 11.1 Å². The third-order valence-electron chi connectivity index (χ3n) is 3.72. The number of carbonyl (C=O) groups is 1. The summed E-state index contributed by atoms with van der Waals surface area (Å²) < 4.78 is 0. The summed E-state index contributed by atoms with van der Waals surface area (Å²) in [5.41, 5.74) is 2.38. The van der Waals surface area contributed by atoms with E-state index in [-0.39, 0.29) is 11.9 Å². The van der Waals surface area contributed by atoms with Crippen LogP contribution in [0.4, 0.5) is 0 Å². The summed E-state index contributed by atoms with van der Waals surface area (Å²) in [4.78, 5) is 14.2. The van der Waals surface area contributed by atoms with Gasteiger partial charge in [-0.15, -0.1) is 11.8 Å². The molecule has 0 saturated carbocycles. The Morgan fingerprint density at radius 1 is 1.12 bits per heavy atom. The molecular weight excluding hydrogens is 340 g/mol. The molecule has 0 radical (unpaired) electrons. The molecule has 1 amide bonds. The van der Waals surface area contributed by atoms with E-state index in [1.54, 1.807) is 11.8 Å². The number of rotatable bonds is 8. The molecule has 2 aromatic rings. The first-order valence-corrected chi connectivity index (χ1v) is 9.40. The van der Waals surface area contributed by atoms with Gasteiger partial charge in [0.2, 0.25) is 5.91 Å². The van der Waals surface area contributed by atoms with E-state index < -0.39 is 0 Å². The fourth-order valence-electron chi connectivity index (χ4n) is 2.38. The van der Waals surface area contributed by atoms with Crippen LogP contribution in [0, 0.1) is 0 Å². The van der Waals surface area contributed by atoms with Gasteiger partial charge in [-0.3, -0.25) is 4.79 Å². The number of amides is 1. The van der Waals surface area contributed by atoms with Crippen molar-refractivity contribution in [1.82, 2.24) is 10.2 Å². The summed E-state index contributed by atoms with van der Waals surface area (Å²) in [7, 11) is 4.05. The van der Waals surface area contributed by atoms with E-state index in [2.05, 4.69) is 22.3 Å². The van der Waals surface area contributed by atoms with Gasteiger partial charge in [0.25, 0.3) is 0 Å². The Hall–Kier alpha value is -1.49. The topological polar surface area (TPSA) is 32.3 Å². The second kappa shape index (κ2) is 9.72. The molecule has 128 valence electrons. The molecule has 1 unspecified atom stereocenters. The Morgan fingerprint density at radius 2 is 1.79 bits per heavy atom. The highest BCUT2D eigenvalue weighted by Crippen LogP contribution is 2.17. The Labute approximate surface area is 153 Å². The first-order valence-electron chi connectivity index (χ1n) is 7.86. The van der Waals surface area contributed by atoms with Crippen LogP contribution in [0.5, 0.6) is 0 Å². The van der Waals surface area contributed by atoms with Crippen molar-refractivity contribution in [3.63, 3.8) is 0 Å². The van der Waals surface area contributed by atoms with Crippen LogP contribution in [-0.4, -0.2) is 37.2 Å². The van der Waals surface area contributed by atoms with Crippen molar-refractivity contribution in [1.29, 1.82) is 0 Å². The highest BCUT2D eigenvalue weighted by molar-refractivity contribution is 7.99. The fourth-order valence-corrected chi connectivity index (χ4v) is 3.32. The quantitative estimate of drug-likeness (QED) is 0.770. The zero-order valence-electron chi connectivity index (χ0n) is 14.0. The minimum atomic E-state index is 0.0664. The Balaban J connectivity index is 1.76. The van der Waals surface area contributed by atoms with Crippen LogP contribution < -0.4 is 5.32 Å². The smallest absolute Gasteiger partial charge is 0.230 e. The van der Waals surface area contributed by atoms with Crippen LogP contribution in [0.2, 0.25) is 5.02 Å².